The van der Waals surface area contributed by atoms with E-state index < -0.39 is 47.0 Å². The number of amides is 2. The Hall–Kier alpha value is -5.28. The van der Waals surface area contributed by atoms with E-state index in [-0.39, 0.29) is 40.1 Å². The quantitative estimate of drug-likeness (QED) is 0.191. The zero-order chi connectivity index (χ0) is 33.0. The molecule has 0 unspecified atom stereocenters. The number of nitrogens with zero attached hydrogens (tertiary/aromatic N) is 4. The normalized spacial score (nSPS) is 11.4. The molecule has 0 spiro atoms. The van der Waals surface area contributed by atoms with Gasteiger partial charge in [-0.1, -0.05) is 0 Å². The van der Waals surface area contributed by atoms with Crippen molar-refractivity contribution in [1.82, 2.24) is 19.2 Å². The highest BCUT2D eigenvalue weighted by Gasteiger charge is 2.23. The zero-order valence-corrected chi connectivity index (χ0v) is 25.0. The van der Waals surface area contributed by atoms with Crippen LogP contribution in [0.1, 0.15) is 69.2 Å². The minimum atomic E-state index is -1.31. The van der Waals surface area contributed by atoms with E-state index >= 15 is 0 Å². The number of esters is 1. The van der Waals surface area contributed by atoms with E-state index in [1.165, 1.54) is 35.2 Å². The summed E-state index contributed by atoms with van der Waals surface area (Å²) in [6.45, 7) is 11.9. The molecule has 0 saturated carbocycles. The molecule has 0 atom stereocenters. The van der Waals surface area contributed by atoms with Gasteiger partial charge in [0.05, 0.1) is 30.4 Å². The van der Waals surface area contributed by atoms with Crippen molar-refractivity contribution in [2.24, 2.45) is 0 Å². The van der Waals surface area contributed by atoms with Gasteiger partial charge in [0.1, 0.15) is 33.4 Å². The molecule has 0 aliphatic carbocycles. The number of anilines is 2. The van der Waals surface area contributed by atoms with Crippen LogP contribution in [0.2, 0.25) is 0 Å². The van der Waals surface area contributed by atoms with Crippen LogP contribution in [-0.2, 0) is 14.2 Å². The van der Waals surface area contributed by atoms with Gasteiger partial charge in [-0.3, -0.25) is 10.6 Å². The number of hydrogen-bond donors (Lipinski definition) is 3. The standard InChI is InChI=1S/C15H18FN3O4.C13H14FN3O4/c1-5-22-13(20)9-8-17-19-7-6-10(11(16)12(9)19)18-14(21)23-15(2,3)4;1-13(2,3)21-12(20)16-8-4-5-17-10(9(8)14)7(6-15-17)11(18)19/h6-8H,5H2,1-4H3,(H,18,21);4-6H,1-3H3,(H,16,20)(H,18,19). The third-order valence-corrected chi connectivity index (χ3v) is 5.24. The van der Waals surface area contributed by atoms with E-state index in [0.29, 0.717) is 0 Å². The number of carbonyl (C=O) groups is 4. The highest BCUT2D eigenvalue weighted by atomic mass is 19.1. The molecule has 0 aliphatic heterocycles. The van der Waals surface area contributed by atoms with Crippen molar-refractivity contribution in [2.75, 3.05) is 17.2 Å². The van der Waals surface area contributed by atoms with Crippen LogP contribution in [0.4, 0.5) is 29.7 Å². The van der Waals surface area contributed by atoms with E-state index in [1.54, 1.807) is 48.5 Å². The summed E-state index contributed by atoms with van der Waals surface area (Å²) in [4.78, 5) is 46.3. The van der Waals surface area contributed by atoms with Gasteiger partial charge < -0.3 is 19.3 Å². The monoisotopic (exact) mass is 618 g/mol. The van der Waals surface area contributed by atoms with Crippen molar-refractivity contribution < 1.29 is 47.3 Å². The van der Waals surface area contributed by atoms with Crippen LogP contribution in [0.25, 0.3) is 11.0 Å². The maximum atomic E-state index is 14.6. The summed E-state index contributed by atoms with van der Waals surface area (Å²) in [6.07, 6.45) is 3.40. The molecule has 4 aromatic rings. The first kappa shape index (κ1) is 33.2. The zero-order valence-electron chi connectivity index (χ0n) is 25.0. The molecule has 0 bridgehead atoms. The molecule has 0 aliphatic rings. The van der Waals surface area contributed by atoms with Crippen LogP contribution in [0.3, 0.4) is 0 Å². The van der Waals surface area contributed by atoms with Gasteiger partial charge in [0, 0.05) is 12.4 Å². The Morgan fingerprint density at radius 1 is 0.795 bits per heavy atom. The molecule has 2 amide bonds. The molecule has 16 heteroatoms. The lowest BCUT2D eigenvalue weighted by Gasteiger charge is -2.19. The number of halogens is 2. The topological polar surface area (TPSA) is 175 Å². The number of aromatic carboxylic acids is 1. The Bertz CT molecular complexity index is 1720. The van der Waals surface area contributed by atoms with E-state index in [2.05, 4.69) is 20.8 Å². The smallest absolute Gasteiger partial charge is 0.412 e. The average Bonchev–Trinajstić information content (AvgIpc) is 3.51. The molecule has 4 rings (SSSR count). The summed E-state index contributed by atoms with van der Waals surface area (Å²) in [7, 11) is 0. The maximum absolute atomic E-state index is 14.6. The van der Waals surface area contributed by atoms with Crippen LogP contribution in [0, 0.1) is 11.6 Å². The van der Waals surface area contributed by atoms with Crippen LogP contribution in [0.5, 0.6) is 0 Å². The number of fused-ring (bicyclic) bond motifs is 2. The summed E-state index contributed by atoms with van der Waals surface area (Å²) in [5, 5.41) is 21.2. The Morgan fingerprint density at radius 3 is 1.59 bits per heavy atom. The summed E-state index contributed by atoms with van der Waals surface area (Å²) in [5.41, 5.74) is -2.34. The Labute approximate surface area is 249 Å². The molecule has 236 valence electrons. The molecule has 44 heavy (non-hydrogen) atoms. The number of aromatic nitrogens is 4. The lowest BCUT2D eigenvalue weighted by molar-refractivity contribution is 0.0526. The first-order valence-electron chi connectivity index (χ1n) is 13.1. The van der Waals surface area contributed by atoms with E-state index in [9.17, 15) is 28.0 Å². The fourth-order valence-electron chi connectivity index (χ4n) is 3.61. The van der Waals surface area contributed by atoms with Gasteiger partial charge in [0.2, 0.25) is 0 Å². The number of nitrogens with one attached hydrogen (secondary N) is 2. The number of carboxylic acids is 1. The van der Waals surface area contributed by atoms with E-state index in [1.807, 2.05) is 0 Å². The van der Waals surface area contributed by atoms with Crippen molar-refractivity contribution >= 4 is 46.5 Å². The number of ether oxygens (including phenoxy) is 3. The molecule has 3 N–H and O–H groups in total. The summed E-state index contributed by atoms with van der Waals surface area (Å²) in [6, 6.07) is 2.60. The summed E-state index contributed by atoms with van der Waals surface area (Å²) >= 11 is 0. The molecular weight excluding hydrogens is 586 g/mol. The molecule has 14 nitrogen and oxygen atoms in total. The fourth-order valence-corrected chi connectivity index (χ4v) is 3.61. The van der Waals surface area contributed by atoms with Crippen molar-refractivity contribution in [2.45, 2.75) is 59.7 Å². The van der Waals surface area contributed by atoms with Gasteiger partial charge in [0.25, 0.3) is 0 Å². The van der Waals surface area contributed by atoms with Crippen molar-refractivity contribution in [3.63, 3.8) is 0 Å². The van der Waals surface area contributed by atoms with Crippen LogP contribution in [0.15, 0.2) is 36.9 Å². The third kappa shape index (κ3) is 8.17. The molecule has 0 saturated heterocycles. The van der Waals surface area contributed by atoms with Crippen LogP contribution in [-0.4, -0.2) is 66.3 Å². The second-order valence-electron chi connectivity index (χ2n) is 11.1. The molecule has 4 heterocycles. The number of rotatable bonds is 5. The molecule has 0 radical (unpaired) electrons. The van der Waals surface area contributed by atoms with E-state index in [0.717, 1.165) is 10.7 Å². The number of carbonyl (C=O) groups excluding carboxylic acids is 3. The fraction of sp³-hybridized carbons (Fsp3) is 0.357. The lowest BCUT2D eigenvalue weighted by atomic mass is 10.2. The first-order valence-corrected chi connectivity index (χ1v) is 13.1. The Balaban J connectivity index is 0.000000241. The lowest BCUT2D eigenvalue weighted by Crippen LogP contribution is -2.27. The predicted octanol–water partition coefficient (Wildman–Crippen LogP) is 5.52. The van der Waals surface area contributed by atoms with Crippen molar-refractivity contribution in [3.05, 3.63) is 59.7 Å². The second-order valence-corrected chi connectivity index (χ2v) is 11.1. The van der Waals surface area contributed by atoms with Crippen molar-refractivity contribution in [1.29, 1.82) is 0 Å². The number of pyridine rings is 2. The maximum Gasteiger partial charge on any atom is 0.412 e. The van der Waals surface area contributed by atoms with Gasteiger partial charge in [-0.25, -0.2) is 37.0 Å². The van der Waals surface area contributed by atoms with E-state index in [4.69, 9.17) is 19.3 Å². The summed E-state index contributed by atoms with van der Waals surface area (Å²) in [5.74, 6) is -3.67. The number of carboxylic acid groups (broad SMARTS) is 1. The molecule has 0 aromatic carbocycles. The minimum Gasteiger partial charge on any atom is -0.478 e. The second kappa shape index (κ2) is 12.9. The van der Waals surface area contributed by atoms with Crippen molar-refractivity contribution in [3.8, 4) is 0 Å². The Kier molecular flexibility index (Phi) is 9.76. The SMILES string of the molecule is CC(C)(C)OC(=O)Nc1ccn2ncc(C(=O)O)c2c1F.CCOC(=O)c1cnn2ccc(NC(=O)OC(C)(C)C)c(F)c12. The van der Waals surface area contributed by atoms with Gasteiger partial charge in [-0.15, -0.1) is 0 Å². The van der Waals surface area contributed by atoms with Gasteiger partial charge in [0.15, 0.2) is 11.6 Å². The predicted molar refractivity (Wildman–Crippen MR) is 153 cm³/mol. The van der Waals surface area contributed by atoms with Gasteiger partial charge in [-0.2, -0.15) is 10.2 Å². The highest BCUT2D eigenvalue weighted by Crippen LogP contribution is 2.24. The average molecular weight is 619 g/mol. The Morgan fingerprint density at radius 2 is 1.20 bits per heavy atom. The molecule has 4 aromatic heterocycles. The first-order chi connectivity index (χ1) is 20.4. The van der Waals surface area contributed by atoms with Gasteiger partial charge in [-0.05, 0) is 60.6 Å². The molecule has 0 fully saturated rings. The largest absolute Gasteiger partial charge is 0.478 e. The highest BCUT2D eigenvalue weighted by molar-refractivity contribution is 5.98. The number of hydrogen-bond acceptors (Lipinski definition) is 9. The van der Waals surface area contributed by atoms with Crippen LogP contribution >= 0.6 is 0 Å². The minimum absolute atomic E-state index is 0.0165. The molecular formula is C28H32F2N6O8. The van der Waals surface area contributed by atoms with Crippen LogP contribution < -0.4 is 10.6 Å². The van der Waals surface area contributed by atoms with Gasteiger partial charge >= 0.3 is 24.1 Å². The summed E-state index contributed by atoms with van der Waals surface area (Å²) < 4.78 is 46.2. The third-order valence-electron chi connectivity index (χ3n) is 5.24.